The fourth-order valence-corrected chi connectivity index (χ4v) is 2.56. The highest BCUT2D eigenvalue weighted by Gasteiger charge is 2.20. The highest BCUT2D eigenvalue weighted by Crippen LogP contribution is 2.37. The minimum atomic E-state index is 0.225. The summed E-state index contributed by atoms with van der Waals surface area (Å²) in [6.07, 6.45) is 3.14. The lowest BCUT2D eigenvalue weighted by Crippen LogP contribution is -2.24. The molecule has 0 saturated carbocycles. The lowest BCUT2D eigenvalue weighted by molar-refractivity contribution is 0.369. The van der Waals surface area contributed by atoms with Crippen molar-refractivity contribution < 1.29 is 9.84 Å². The molecule has 94 valence electrons. The maximum Gasteiger partial charge on any atom is 0.162 e. The van der Waals surface area contributed by atoms with Crippen LogP contribution in [0.25, 0.3) is 0 Å². The van der Waals surface area contributed by atoms with Crippen LogP contribution in [0.2, 0.25) is 5.02 Å². The van der Waals surface area contributed by atoms with Crippen LogP contribution in [0.15, 0.2) is 6.07 Å². The Hall–Kier alpha value is -0.930. The molecule has 1 aromatic carbocycles. The summed E-state index contributed by atoms with van der Waals surface area (Å²) >= 11 is 6.14. The van der Waals surface area contributed by atoms with Gasteiger partial charge in [0.15, 0.2) is 11.5 Å². The number of nitrogens with one attached hydrogen (secondary N) is 1. The van der Waals surface area contributed by atoms with Crippen LogP contribution in [0.3, 0.4) is 0 Å². The van der Waals surface area contributed by atoms with E-state index in [1.807, 2.05) is 6.92 Å². The van der Waals surface area contributed by atoms with Crippen molar-refractivity contribution in [3.8, 4) is 11.5 Å². The molecule has 1 aromatic rings. The molecule has 1 aliphatic heterocycles. The Balaban J connectivity index is 2.33. The van der Waals surface area contributed by atoms with Crippen LogP contribution in [0.5, 0.6) is 11.5 Å². The zero-order chi connectivity index (χ0) is 12.4. The van der Waals surface area contributed by atoms with Gasteiger partial charge in [-0.2, -0.15) is 0 Å². The second-order valence-corrected chi connectivity index (χ2v) is 4.92. The molecule has 2 N–H and O–H groups in total. The maximum atomic E-state index is 10.1. The minimum absolute atomic E-state index is 0.225. The Morgan fingerprint density at radius 2 is 2.35 bits per heavy atom. The number of rotatable bonds is 3. The standard InChI is InChI=1S/C13H18ClNO2/c1-8-10(6-9-4-3-5-15-9)13(16)12(17-2)7-11(8)14/h7,9,15-16H,3-6H2,1-2H3. The van der Waals surface area contributed by atoms with E-state index < -0.39 is 0 Å². The van der Waals surface area contributed by atoms with Gasteiger partial charge in [0, 0.05) is 22.7 Å². The molecule has 0 bridgehead atoms. The Labute approximate surface area is 107 Å². The molecular weight excluding hydrogens is 238 g/mol. The third-order valence-electron chi connectivity index (χ3n) is 3.42. The number of aromatic hydroxyl groups is 1. The van der Waals surface area contributed by atoms with E-state index in [2.05, 4.69) is 5.32 Å². The highest BCUT2D eigenvalue weighted by atomic mass is 35.5. The molecule has 1 fully saturated rings. The first-order valence-corrected chi connectivity index (χ1v) is 6.29. The number of hydrogen-bond acceptors (Lipinski definition) is 3. The normalized spacial score (nSPS) is 19.6. The zero-order valence-corrected chi connectivity index (χ0v) is 11.0. The van der Waals surface area contributed by atoms with Crippen LogP contribution in [0.1, 0.15) is 24.0 Å². The first kappa shape index (κ1) is 12.5. The fourth-order valence-electron chi connectivity index (χ4n) is 2.34. The van der Waals surface area contributed by atoms with Gasteiger partial charge in [-0.25, -0.2) is 0 Å². The molecule has 0 aliphatic carbocycles. The quantitative estimate of drug-likeness (QED) is 0.873. The molecule has 17 heavy (non-hydrogen) atoms. The molecule has 1 heterocycles. The number of phenolic OH excluding ortho intramolecular Hbond substituents is 1. The first-order valence-electron chi connectivity index (χ1n) is 5.91. The third kappa shape index (κ3) is 2.50. The zero-order valence-electron chi connectivity index (χ0n) is 10.2. The van der Waals surface area contributed by atoms with Crippen molar-refractivity contribution in [2.75, 3.05) is 13.7 Å². The van der Waals surface area contributed by atoms with Gasteiger partial charge in [-0.15, -0.1) is 0 Å². The van der Waals surface area contributed by atoms with Crippen molar-refractivity contribution >= 4 is 11.6 Å². The van der Waals surface area contributed by atoms with Crippen molar-refractivity contribution in [1.29, 1.82) is 0 Å². The molecule has 0 amide bonds. The second kappa shape index (κ2) is 5.15. The van der Waals surface area contributed by atoms with E-state index in [1.54, 1.807) is 6.07 Å². The fraction of sp³-hybridized carbons (Fsp3) is 0.538. The monoisotopic (exact) mass is 255 g/mol. The van der Waals surface area contributed by atoms with Crippen molar-refractivity contribution in [2.24, 2.45) is 0 Å². The second-order valence-electron chi connectivity index (χ2n) is 4.51. The molecular formula is C13H18ClNO2. The van der Waals surface area contributed by atoms with Gasteiger partial charge < -0.3 is 15.2 Å². The van der Waals surface area contributed by atoms with E-state index in [4.69, 9.17) is 16.3 Å². The van der Waals surface area contributed by atoms with Crippen molar-refractivity contribution in [3.63, 3.8) is 0 Å². The van der Waals surface area contributed by atoms with Gasteiger partial charge in [0.25, 0.3) is 0 Å². The number of methoxy groups -OCH3 is 1. The first-order chi connectivity index (χ1) is 8.13. The predicted molar refractivity (Wildman–Crippen MR) is 69.1 cm³/mol. The molecule has 4 heteroatoms. The SMILES string of the molecule is COc1cc(Cl)c(C)c(CC2CCCN2)c1O. The van der Waals surface area contributed by atoms with Gasteiger partial charge in [0.1, 0.15) is 0 Å². The predicted octanol–water partition coefficient (Wildman–Crippen LogP) is 2.66. The van der Waals surface area contributed by atoms with Crippen LogP contribution >= 0.6 is 11.6 Å². The summed E-state index contributed by atoms with van der Waals surface area (Å²) in [5.41, 5.74) is 1.84. The van der Waals surface area contributed by atoms with Crippen molar-refractivity contribution in [1.82, 2.24) is 5.32 Å². The Bertz CT molecular complexity index is 414. The lowest BCUT2D eigenvalue weighted by Gasteiger charge is -2.17. The summed E-state index contributed by atoms with van der Waals surface area (Å²) < 4.78 is 5.13. The number of phenols is 1. The minimum Gasteiger partial charge on any atom is -0.504 e. The Morgan fingerprint density at radius 1 is 1.59 bits per heavy atom. The smallest absolute Gasteiger partial charge is 0.162 e. The molecule has 1 saturated heterocycles. The van der Waals surface area contributed by atoms with Crippen LogP contribution in [0.4, 0.5) is 0 Å². The summed E-state index contributed by atoms with van der Waals surface area (Å²) in [6.45, 7) is 2.99. The van der Waals surface area contributed by atoms with E-state index in [1.165, 1.54) is 13.5 Å². The van der Waals surface area contributed by atoms with E-state index >= 15 is 0 Å². The lowest BCUT2D eigenvalue weighted by atomic mass is 9.98. The number of halogens is 1. The van der Waals surface area contributed by atoms with E-state index in [0.717, 1.165) is 30.5 Å². The summed E-state index contributed by atoms with van der Waals surface area (Å²) in [7, 11) is 1.54. The average molecular weight is 256 g/mol. The molecule has 1 aliphatic rings. The Kier molecular flexibility index (Phi) is 3.79. The highest BCUT2D eigenvalue weighted by molar-refractivity contribution is 6.31. The molecule has 1 unspecified atom stereocenters. The third-order valence-corrected chi connectivity index (χ3v) is 3.81. The van der Waals surface area contributed by atoms with Crippen LogP contribution < -0.4 is 10.1 Å². The Morgan fingerprint density at radius 3 is 2.94 bits per heavy atom. The van der Waals surface area contributed by atoms with Gasteiger partial charge in [0.2, 0.25) is 0 Å². The van der Waals surface area contributed by atoms with E-state index in [9.17, 15) is 5.11 Å². The molecule has 0 spiro atoms. The largest absolute Gasteiger partial charge is 0.504 e. The van der Waals surface area contributed by atoms with Crippen LogP contribution in [-0.4, -0.2) is 24.8 Å². The summed E-state index contributed by atoms with van der Waals surface area (Å²) in [5.74, 6) is 0.677. The van der Waals surface area contributed by atoms with Crippen LogP contribution in [-0.2, 0) is 6.42 Å². The molecule has 2 rings (SSSR count). The molecule has 0 aromatic heterocycles. The van der Waals surface area contributed by atoms with Crippen molar-refractivity contribution in [2.45, 2.75) is 32.2 Å². The van der Waals surface area contributed by atoms with Gasteiger partial charge >= 0.3 is 0 Å². The molecule has 3 nitrogen and oxygen atoms in total. The number of benzene rings is 1. The summed E-state index contributed by atoms with van der Waals surface area (Å²) in [4.78, 5) is 0. The van der Waals surface area contributed by atoms with E-state index in [0.29, 0.717) is 16.8 Å². The van der Waals surface area contributed by atoms with Gasteiger partial charge in [-0.05, 0) is 38.3 Å². The van der Waals surface area contributed by atoms with Crippen LogP contribution in [0, 0.1) is 6.92 Å². The molecule has 0 radical (unpaired) electrons. The van der Waals surface area contributed by atoms with Gasteiger partial charge in [-0.3, -0.25) is 0 Å². The number of hydrogen-bond donors (Lipinski definition) is 2. The van der Waals surface area contributed by atoms with Crippen molar-refractivity contribution in [3.05, 3.63) is 22.2 Å². The van der Waals surface area contributed by atoms with Gasteiger partial charge in [-0.1, -0.05) is 11.6 Å². The topological polar surface area (TPSA) is 41.5 Å². The van der Waals surface area contributed by atoms with E-state index in [-0.39, 0.29) is 5.75 Å². The average Bonchev–Trinajstić information content (AvgIpc) is 2.82. The molecule has 1 atom stereocenters. The summed E-state index contributed by atoms with van der Waals surface area (Å²) in [6, 6.07) is 2.10. The summed E-state index contributed by atoms with van der Waals surface area (Å²) in [5, 5.41) is 14.2. The number of ether oxygens (including phenoxy) is 1. The van der Waals surface area contributed by atoms with Gasteiger partial charge in [0.05, 0.1) is 7.11 Å². The maximum absolute atomic E-state index is 10.1.